The van der Waals surface area contributed by atoms with Crippen molar-refractivity contribution in [1.82, 2.24) is 9.97 Å². The highest BCUT2D eigenvalue weighted by molar-refractivity contribution is 9.11. The van der Waals surface area contributed by atoms with Gasteiger partial charge in [-0.25, -0.2) is 18.7 Å². The molecular weight excluding hydrogens is 674 g/mol. The summed E-state index contributed by atoms with van der Waals surface area (Å²) in [4.78, 5) is 14.5. The van der Waals surface area contributed by atoms with E-state index in [-0.39, 0.29) is 8.95 Å². The summed E-state index contributed by atoms with van der Waals surface area (Å²) in [7, 11) is 0. The Balaban J connectivity index is 1.78. The van der Waals surface area contributed by atoms with Gasteiger partial charge in [0, 0.05) is 9.75 Å². The van der Waals surface area contributed by atoms with E-state index < -0.39 is 11.6 Å². The molecule has 0 aliphatic heterocycles. The Kier molecular flexibility index (Phi) is 11.7. The summed E-state index contributed by atoms with van der Waals surface area (Å²) in [5.41, 5.74) is 2.07. The molecule has 3 aromatic heterocycles. The molecule has 40 heavy (non-hydrogen) atoms. The van der Waals surface area contributed by atoms with E-state index in [0.29, 0.717) is 22.9 Å². The van der Waals surface area contributed by atoms with E-state index >= 15 is 0 Å². The predicted octanol–water partition coefficient (Wildman–Crippen LogP) is 12.4. The highest BCUT2D eigenvalue weighted by Gasteiger charge is 2.24. The smallest absolute Gasteiger partial charge is 0.176 e. The summed E-state index contributed by atoms with van der Waals surface area (Å²) < 4.78 is 29.4. The van der Waals surface area contributed by atoms with Gasteiger partial charge in [0.05, 0.1) is 18.7 Å². The van der Waals surface area contributed by atoms with E-state index in [2.05, 4.69) is 83.8 Å². The Bertz CT molecular complexity index is 1330. The minimum absolute atomic E-state index is 0.000488. The molecule has 0 amide bonds. The summed E-state index contributed by atoms with van der Waals surface area (Å²) in [6.45, 7) is 9.02. The minimum atomic E-state index is -0.961. The third-order valence-electron chi connectivity index (χ3n) is 7.75. The quantitative estimate of drug-likeness (QED) is 0.0961. The van der Waals surface area contributed by atoms with Gasteiger partial charge in [-0.3, -0.25) is 0 Å². The summed E-state index contributed by atoms with van der Waals surface area (Å²) in [5, 5.41) is 0. The van der Waals surface area contributed by atoms with Gasteiger partial charge < -0.3 is 0 Å². The normalized spacial score (nSPS) is 13.3. The van der Waals surface area contributed by atoms with Crippen LogP contribution < -0.4 is 0 Å². The molecule has 0 saturated carbocycles. The van der Waals surface area contributed by atoms with Gasteiger partial charge in [-0.05, 0) is 80.8 Å². The summed E-state index contributed by atoms with van der Waals surface area (Å²) in [6.07, 6.45) is 11.8. The van der Waals surface area contributed by atoms with Crippen LogP contribution in [0.15, 0.2) is 33.2 Å². The van der Waals surface area contributed by atoms with Crippen molar-refractivity contribution in [3.8, 4) is 21.1 Å². The first-order valence-electron chi connectivity index (χ1n) is 14.5. The number of aromatic nitrogens is 2. The van der Waals surface area contributed by atoms with Crippen LogP contribution in [0.25, 0.3) is 32.2 Å². The number of rotatable bonds is 14. The van der Waals surface area contributed by atoms with Crippen LogP contribution in [0.2, 0.25) is 0 Å². The van der Waals surface area contributed by atoms with E-state index in [0.717, 1.165) is 46.8 Å². The number of benzene rings is 1. The van der Waals surface area contributed by atoms with Crippen molar-refractivity contribution < 1.29 is 8.78 Å². The Labute approximate surface area is 262 Å². The maximum atomic E-state index is 14.7. The summed E-state index contributed by atoms with van der Waals surface area (Å²) in [6, 6.07) is 8.61. The van der Waals surface area contributed by atoms with Gasteiger partial charge in [0.2, 0.25) is 0 Å². The molecule has 216 valence electrons. The molecule has 1 aromatic carbocycles. The average molecular weight is 713 g/mol. The molecule has 0 aliphatic carbocycles. The lowest BCUT2D eigenvalue weighted by molar-refractivity contribution is 0.452. The van der Waals surface area contributed by atoms with Crippen molar-refractivity contribution in [2.45, 2.75) is 91.9 Å². The fourth-order valence-corrected chi connectivity index (χ4v) is 8.30. The van der Waals surface area contributed by atoms with Crippen LogP contribution in [0.4, 0.5) is 8.78 Å². The van der Waals surface area contributed by atoms with Crippen LogP contribution in [0.5, 0.6) is 0 Å². The number of unbranched alkanes of at least 4 members (excludes halogenated alkanes) is 2. The van der Waals surface area contributed by atoms with Gasteiger partial charge in [0.1, 0.15) is 22.4 Å². The SMILES string of the molecule is CCCCC(CC)Cc1ccc(-c2nc3c(Br)c(F)c(F)c(Br)c3nc2-c2ccc(CC(CC)CCCC)s2)s1. The first kappa shape index (κ1) is 31.7. The van der Waals surface area contributed by atoms with Crippen molar-refractivity contribution in [3.63, 3.8) is 0 Å². The monoisotopic (exact) mass is 710 g/mol. The number of thiophene rings is 2. The van der Waals surface area contributed by atoms with Crippen LogP contribution in [-0.4, -0.2) is 9.97 Å². The molecule has 2 nitrogen and oxygen atoms in total. The fourth-order valence-electron chi connectivity index (χ4n) is 5.17. The van der Waals surface area contributed by atoms with Crippen LogP contribution >= 0.6 is 54.5 Å². The molecule has 2 unspecified atom stereocenters. The molecule has 0 bridgehead atoms. The molecule has 0 saturated heterocycles. The van der Waals surface area contributed by atoms with Gasteiger partial charge >= 0.3 is 0 Å². The van der Waals surface area contributed by atoms with E-state index in [1.807, 2.05) is 0 Å². The van der Waals surface area contributed by atoms with Gasteiger partial charge in [0.15, 0.2) is 11.6 Å². The number of nitrogens with zero attached hydrogens (tertiary/aromatic N) is 2. The Morgan fingerprint density at radius 2 is 1.07 bits per heavy atom. The predicted molar refractivity (Wildman–Crippen MR) is 175 cm³/mol. The van der Waals surface area contributed by atoms with Crippen LogP contribution in [0.3, 0.4) is 0 Å². The van der Waals surface area contributed by atoms with Crippen LogP contribution in [0.1, 0.15) is 88.8 Å². The lowest BCUT2D eigenvalue weighted by Crippen LogP contribution is -2.02. The molecule has 8 heteroatoms. The fraction of sp³-hybridized carbons (Fsp3) is 0.500. The zero-order valence-electron chi connectivity index (χ0n) is 23.8. The standard InChI is InChI=1S/C32H38Br2F2N2S2/c1-5-9-11-19(7-3)17-21-13-15-23(39-21)29-30(24-16-14-22(40-24)18-20(8-4)12-10-6-2)38-32-26(34)28(36)27(35)25(33)31(32)37-29/h13-16,19-20H,5-12,17-18H2,1-4H3. The largest absolute Gasteiger partial charge is 0.242 e. The van der Waals surface area contributed by atoms with Crippen molar-refractivity contribution in [1.29, 1.82) is 0 Å². The van der Waals surface area contributed by atoms with Gasteiger partial charge in [-0.1, -0.05) is 79.1 Å². The number of fused-ring (bicyclic) bond motifs is 1. The Morgan fingerprint density at radius 1 is 0.675 bits per heavy atom. The van der Waals surface area contributed by atoms with E-state index in [1.54, 1.807) is 22.7 Å². The van der Waals surface area contributed by atoms with Crippen LogP contribution in [-0.2, 0) is 12.8 Å². The van der Waals surface area contributed by atoms with Gasteiger partial charge in [-0.2, -0.15) is 0 Å². The summed E-state index contributed by atoms with van der Waals surface area (Å²) in [5.74, 6) is -0.598. The molecule has 0 spiro atoms. The number of hydrogen-bond acceptors (Lipinski definition) is 4. The van der Waals surface area contributed by atoms with Crippen molar-refractivity contribution >= 4 is 65.6 Å². The summed E-state index contributed by atoms with van der Waals surface area (Å²) >= 11 is 9.97. The molecule has 0 radical (unpaired) electrons. The molecule has 0 fully saturated rings. The highest BCUT2D eigenvalue weighted by Crippen LogP contribution is 2.42. The molecule has 4 rings (SSSR count). The first-order chi connectivity index (χ1) is 19.3. The minimum Gasteiger partial charge on any atom is -0.242 e. The topological polar surface area (TPSA) is 25.8 Å². The molecule has 3 heterocycles. The van der Waals surface area contributed by atoms with Crippen molar-refractivity contribution in [3.05, 3.63) is 54.6 Å². The molecule has 0 N–H and O–H groups in total. The second-order valence-corrected chi connectivity index (χ2v) is 14.6. The zero-order chi connectivity index (χ0) is 28.8. The van der Waals surface area contributed by atoms with Crippen molar-refractivity contribution in [2.75, 3.05) is 0 Å². The Morgan fingerprint density at radius 3 is 1.43 bits per heavy atom. The molecule has 0 aliphatic rings. The van der Waals surface area contributed by atoms with Gasteiger partial charge in [0.25, 0.3) is 0 Å². The maximum absolute atomic E-state index is 14.7. The van der Waals surface area contributed by atoms with E-state index in [1.165, 1.54) is 48.3 Å². The second-order valence-electron chi connectivity index (χ2n) is 10.6. The average Bonchev–Trinajstić information content (AvgIpc) is 3.64. The van der Waals surface area contributed by atoms with E-state index in [9.17, 15) is 8.78 Å². The molecule has 4 aromatic rings. The van der Waals surface area contributed by atoms with Crippen LogP contribution in [0, 0.1) is 23.5 Å². The van der Waals surface area contributed by atoms with E-state index in [4.69, 9.17) is 9.97 Å². The second kappa shape index (κ2) is 14.8. The maximum Gasteiger partial charge on any atom is 0.176 e. The molecule has 2 atom stereocenters. The van der Waals surface area contributed by atoms with Gasteiger partial charge in [-0.15, -0.1) is 22.7 Å². The first-order valence-corrected chi connectivity index (χ1v) is 17.7. The third kappa shape index (κ3) is 7.22. The number of halogens is 4. The Hall–Kier alpha value is -1.22. The molecular formula is C32H38Br2F2N2S2. The lowest BCUT2D eigenvalue weighted by atomic mass is 9.95. The highest BCUT2D eigenvalue weighted by atomic mass is 79.9. The third-order valence-corrected chi connectivity index (χ3v) is 11.4. The number of hydrogen-bond donors (Lipinski definition) is 0. The zero-order valence-corrected chi connectivity index (χ0v) is 28.6. The lowest BCUT2D eigenvalue weighted by Gasteiger charge is -2.13. The van der Waals surface area contributed by atoms with Crippen molar-refractivity contribution in [2.24, 2.45) is 11.8 Å².